The van der Waals surface area contributed by atoms with Crippen LogP contribution in [0.5, 0.6) is 5.88 Å². The number of esters is 1. The van der Waals surface area contributed by atoms with Crippen LogP contribution in [0.2, 0.25) is 0 Å². The number of nitrogens with one attached hydrogen (secondary N) is 1. The lowest BCUT2D eigenvalue weighted by molar-refractivity contribution is -0.137. The van der Waals surface area contributed by atoms with Crippen LogP contribution in [0.3, 0.4) is 0 Å². The summed E-state index contributed by atoms with van der Waals surface area (Å²) in [5, 5.41) is 4.92. The van der Waals surface area contributed by atoms with E-state index in [4.69, 9.17) is 20.2 Å². The van der Waals surface area contributed by atoms with Gasteiger partial charge in [0.25, 0.3) is 0 Å². The minimum Gasteiger partial charge on any atom is -0.470 e. The predicted octanol–water partition coefficient (Wildman–Crippen LogP) is 3.55. The molecule has 10 heteroatoms. The summed E-state index contributed by atoms with van der Waals surface area (Å²) in [4.78, 5) is 39.9. The average molecular weight is 517 g/mol. The Morgan fingerprint density at radius 1 is 1.16 bits per heavy atom. The second kappa shape index (κ2) is 8.10. The van der Waals surface area contributed by atoms with Crippen LogP contribution in [-0.4, -0.2) is 56.5 Å². The van der Waals surface area contributed by atoms with Crippen molar-refractivity contribution >= 4 is 34.3 Å². The predicted molar refractivity (Wildman–Crippen MR) is 141 cm³/mol. The number of carbonyl (C=O) groups excluding carboxylic acids is 2. The zero-order chi connectivity index (χ0) is 27.0. The van der Waals surface area contributed by atoms with Crippen LogP contribution >= 0.6 is 0 Å². The van der Waals surface area contributed by atoms with Crippen LogP contribution < -0.4 is 15.8 Å². The molecular weight excluding hydrogens is 484 g/mol. The first-order valence-corrected chi connectivity index (χ1v) is 12.9. The molecule has 1 amide bonds. The Morgan fingerprint density at radius 3 is 2.55 bits per heavy atom. The third-order valence-corrected chi connectivity index (χ3v) is 8.08. The van der Waals surface area contributed by atoms with Crippen molar-refractivity contribution in [1.29, 1.82) is 0 Å². The van der Waals surface area contributed by atoms with Gasteiger partial charge in [-0.2, -0.15) is 0 Å². The van der Waals surface area contributed by atoms with Crippen molar-refractivity contribution < 1.29 is 19.1 Å². The molecule has 1 aliphatic carbocycles. The largest absolute Gasteiger partial charge is 0.470 e. The molecule has 0 aromatic carbocycles. The maximum absolute atomic E-state index is 12.6. The van der Waals surface area contributed by atoms with Crippen LogP contribution in [0, 0.1) is 0 Å². The van der Waals surface area contributed by atoms with Crippen LogP contribution in [0.15, 0.2) is 30.6 Å². The molecule has 1 spiro atoms. The van der Waals surface area contributed by atoms with Gasteiger partial charge in [-0.1, -0.05) is 0 Å². The summed E-state index contributed by atoms with van der Waals surface area (Å²) >= 11 is 0. The van der Waals surface area contributed by atoms with Crippen molar-refractivity contribution in [3.05, 3.63) is 47.4 Å². The van der Waals surface area contributed by atoms with Crippen LogP contribution in [0.4, 0.5) is 11.6 Å². The third-order valence-electron chi connectivity index (χ3n) is 8.08. The van der Waals surface area contributed by atoms with Gasteiger partial charge < -0.3 is 25.4 Å². The summed E-state index contributed by atoms with van der Waals surface area (Å²) in [6, 6.07) is 5.46. The fraction of sp³-hybridized carbons (Fsp3) is 0.464. The maximum atomic E-state index is 12.6. The number of fused-ring (bicyclic) bond motifs is 3. The standard InChI is InChI=1S/C28H32N6O4/c1-15(35)34-13-16(14-34)37-24-19-11-30-22(10-18(19)20(12-31-24)26(2,3)29)32-21-7-6-17-23(33-21)28(8-9-28)27(4,5)38-25(17)36/h6-7,10-12,16H,8-9,13-14,29H2,1-5H3,(H,30,32,33). The molecule has 10 nitrogen and oxygen atoms in total. The third kappa shape index (κ3) is 3.86. The number of nitrogens with two attached hydrogens (primary N) is 1. The lowest BCUT2D eigenvalue weighted by atomic mass is 9.80. The van der Waals surface area contributed by atoms with E-state index >= 15 is 0 Å². The monoisotopic (exact) mass is 516 g/mol. The van der Waals surface area contributed by atoms with E-state index in [-0.39, 0.29) is 23.4 Å². The fourth-order valence-electron chi connectivity index (χ4n) is 5.54. The van der Waals surface area contributed by atoms with Gasteiger partial charge in [-0.15, -0.1) is 0 Å². The molecule has 3 N–H and O–H groups in total. The van der Waals surface area contributed by atoms with Gasteiger partial charge in [0.2, 0.25) is 11.8 Å². The first kappa shape index (κ1) is 24.5. The van der Waals surface area contributed by atoms with Gasteiger partial charge >= 0.3 is 5.97 Å². The summed E-state index contributed by atoms with van der Waals surface area (Å²) in [5.41, 5.74) is 7.15. The Bertz CT molecular complexity index is 1480. The minimum atomic E-state index is -0.654. The highest BCUT2D eigenvalue weighted by Crippen LogP contribution is 2.59. The van der Waals surface area contributed by atoms with Gasteiger partial charge in [0, 0.05) is 24.9 Å². The molecular formula is C28H32N6O4. The molecule has 5 heterocycles. The SMILES string of the molecule is CC(=O)N1CC(Oc2ncc(C(C)(C)N)c3cc(Nc4ccc5c(n4)C4(CC4)C(C)(C)OC5=O)ncc23)C1. The molecule has 0 radical (unpaired) electrons. The number of pyridine rings is 3. The normalized spacial score (nSPS) is 19.5. The molecule has 3 aliphatic rings. The second-order valence-electron chi connectivity index (χ2n) is 11.7. The Morgan fingerprint density at radius 2 is 1.89 bits per heavy atom. The Hall–Kier alpha value is -3.79. The van der Waals surface area contributed by atoms with Crippen molar-refractivity contribution in [2.75, 3.05) is 18.4 Å². The summed E-state index contributed by atoms with van der Waals surface area (Å²) in [5.74, 6) is 1.34. The van der Waals surface area contributed by atoms with Crippen molar-refractivity contribution in [1.82, 2.24) is 19.9 Å². The molecule has 1 saturated carbocycles. The zero-order valence-electron chi connectivity index (χ0n) is 22.3. The molecule has 0 unspecified atom stereocenters. The first-order valence-electron chi connectivity index (χ1n) is 12.9. The Kier molecular flexibility index (Phi) is 5.23. The number of aromatic nitrogens is 3. The molecule has 0 atom stereocenters. The van der Waals surface area contributed by atoms with Crippen molar-refractivity contribution in [2.45, 2.75) is 70.1 Å². The highest BCUT2D eigenvalue weighted by Gasteiger charge is 2.63. The molecule has 0 bridgehead atoms. The Balaban J connectivity index is 1.34. The highest BCUT2D eigenvalue weighted by molar-refractivity contribution is 5.94. The van der Waals surface area contributed by atoms with E-state index in [1.54, 1.807) is 36.4 Å². The number of likely N-dealkylation sites (tertiary alicyclic amines) is 1. The van der Waals surface area contributed by atoms with Gasteiger partial charge in [0.15, 0.2) is 0 Å². The lowest BCUT2D eigenvalue weighted by Crippen LogP contribution is -2.55. The number of hydrogen-bond donors (Lipinski definition) is 2. The van der Waals surface area contributed by atoms with Crippen molar-refractivity contribution in [3.63, 3.8) is 0 Å². The number of hydrogen-bond acceptors (Lipinski definition) is 9. The molecule has 1 saturated heterocycles. The number of rotatable bonds is 5. The summed E-state index contributed by atoms with van der Waals surface area (Å²) in [7, 11) is 0. The summed E-state index contributed by atoms with van der Waals surface area (Å²) in [6.07, 6.45) is 5.21. The quantitative estimate of drug-likeness (QED) is 0.489. The van der Waals surface area contributed by atoms with E-state index in [1.807, 2.05) is 33.8 Å². The van der Waals surface area contributed by atoms with Crippen molar-refractivity contribution in [2.24, 2.45) is 5.73 Å². The minimum absolute atomic E-state index is 0.0316. The topological polar surface area (TPSA) is 133 Å². The molecule has 38 heavy (non-hydrogen) atoms. The summed E-state index contributed by atoms with van der Waals surface area (Å²) < 4.78 is 11.9. The number of anilines is 2. The molecule has 3 aromatic rings. The average Bonchev–Trinajstić information content (AvgIpc) is 3.61. The highest BCUT2D eigenvalue weighted by atomic mass is 16.6. The van der Waals surface area contributed by atoms with Gasteiger partial charge in [-0.3, -0.25) is 4.79 Å². The second-order valence-corrected chi connectivity index (χ2v) is 11.7. The van der Waals surface area contributed by atoms with Gasteiger partial charge in [-0.25, -0.2) is 19.7 Å². The number of ether oxygens (including phenoxy) is 2. The van der Waals surface area contributed by atoms with E-state index in [1.165, 1.54) is 0 Å². The zero-order valence-corrected chi connectivity index (χ0v) is 22.3. The van der Waals surface area contributed by atoms with E-state index in [9.17, 15) is 9.59 Å². The summed E-state index contributed by atoms with van der Waals surface area (Å²) in [6.45, 7) is 10.4. The fourth-order valence-corrected chi connectivity index (χ4v) is 5.54. The van der Waals surface area contributed by atoms with E-state index < -0.39 is 11.1 Å². The smallest absolute Gasteiger partial charge is 0.340 e. The Labute approximate surface area is 220 Å². The molecule has 2 fully saturated rings. The molecule has 198 valence electrons. The van der Waals surface area contributed by atoms with E-state index in [2.05, 4.69) is 15.3 Å². The molecule has 3 aromatic heterocycles. The number of carbonyl (C=O) groups is 2. The van der Waals surface area contributed by atoms with Crippen LogP contribution in [0.25, 0.3) is 10.8 Å². The van der Waals surface area contributed by atoms with Crippen molar-refractivity contribution in [3.8, 4) is 5.88 Å². The molecule has 2 aliphatic heterocycles. The van der Waals surface area contributed by atoms with E-state index in [0.29, 0.717) is 36.2 Å². The molecule has 6 rings (SSSR count). The maximum Gasteiger partial charge on any atom is 0.340 e. The van der Waals surface area contributed by atoms with Gasteiger partial charge in [0.1, 0.15) is 23.3 Å². The number of amides is 1. The lowest BCUT2D eigenvalue weighted by Gasteiger charge is -2.39. The number of cyclic esters (lactones) is 1. The first-order chi connectivity index (χ1) is 17.9. The van der Waals surface area contributed by atoms with Crippen LogP contribution in [-0.2, 0) is 20.5 Å². The number of nitrogens with zero attached hydrogens (tertiary/aromatic N) is 4. The van der Waals surface area contributed by atoms with Gasteiger partial charge in [0.05, 0.1) is 35.1 Å². The van der Waals surface area contributed by atoms with Crippen LogP contribution in [0.1, 0.15) is 69.1 Å². The van der Waals surface area contributed by atoms with Gasteiger partial charge in [-0.05, 0) is 69.7 Å². The van der Waals surface area contributed by atoms with E-state index in [0.717, 1.165) is 34.9 Å².